The van der Waals surface area contributed by atoms with Crippen LogP contribution in [0.2, 0.25) is 0 Å². The molecule has 0 spiro atoms. The second kappa shape index (κ2) is 9.72. The fourth-order valence-electron chi connectivity index (χ4n) is 4.72. The molecule has 0 fully saturated rings. The van der Waals surface area contributed by atoms with Crippen molar-refractivity contribution in [1.29, 1.82) is 5.26 Å². The average molecular weight is 524 g/mol. The maximum absolute atomic E-state index is 15.6. The molecule has 3 aromatic carbocycles. The lowest BCUT2D eigenvalue weighted by molar-refractivity contribution is 0.0523. The predicted octanol–water partition coefficient (Wildman–Crippen LogP) is 5.78. The van der Waals surface area contributed by atoms with Crippen LogP contribution in [-0.2, 0) is 18.3 Å². The van der Waals surface area contributed by atoms with Gasteiger partial charge in [0.05, 0.1) is 23.0 Å². The first-order chi connectivity index (χ1) is 18.6. The highest BCUT2D eigenvalue weighted by atomic mass is 19.1. The summed E-state index contributed by atoms with van der Waals surface area (Å²) in [6.45, 7) is 5.44. The van der Waals surface area contributed by atoms with Gasteiger partial charge in [0, 0.05) is 36.1 Å². The molecule has 0 aliphatic carbocycles. The number of nitrogens with zero attached hydrogens (tertiary/aromatic N) is 3. The van der Waals surface area contributed by atoms with Crippen LogP contribution in [0.4, 0.5) is 9.18 Å². The highest BCUT2D eigenvalue weighted by molar-refractivity contribution is 5.98. The third-order valence-corrected chi connectivity index (χ3v) is 6.41. The van der Waals surface area contributed by atoms with Crippen LogP contribution in [0, 0.1) is 17.1 Å². The van der Waals surface area contributed by atoms with Crippen LogP contribution in [-0.4, -0.2) is 26.5 Å². The lowest BCUT2D eigenvalue weighted by Crippen LogP contribution is -2.32. The number of H-pyrrole nitrogens is 1. The zero-order chi connectivity index (χ0) is 27.9. The van der Waals surface area contributed by atoms with Gasteiger partial charge in [0.25, 0.3) is 5.56 Å². The van der Waals surface area contributed by atoms with Gasteiger partial charge in [-0.05, 0) is 60.9 Å². The number of hydrogen-bond donors (Lipinski definition) is 2. The summed E-state index contributed by atoms with van der Waals surface area (Å²) in [6, 6.07) is 16.0. The number of halogens is 1. The number of ether oxygens (including phenoxy) is 1. The Labute approximate surface area is 223 Å². The molecule has 9 heteroatoms. The number of aryl methyl sites for hydroxylation is 1. The van der Waals surface area contributed by atoms with Gasteiger partial charge in [-0.1, -0.05) is 30.3 Å². The SMILES string of the molecule is Cn1ncc(-c2ccc3c(=O)[nH]cc(CNC(=O)OC(C)(C)C)c3c2)c1-c1c(F)cc2ccccc2c1C#N. The van der Waals surface area contributed by atoms with Crippen LogP contribution in [0.15, 0.2) is 65.7 Å². The molecule has 39 heavy (non-hydrogen) atoms. The Morgan fingerprint density at radius 1 is 1.15 bits per heavy atom. The first kappa shape index (κ1) is 25.7. The number of pyridine rings is 1. The number of amides is 1. The van der Waals surface area contributed by atoms with Gasteiger partial charge in [-0.2, -0.15) is 10.4 Å². The first-order valence-electron chi connectivity index (χ1n) is 12.3. The summed E-state index contributed by atoms with van der Waals surface area (Å²) >= 11 is 0. The molecule has 2 N–H and O–H groups in total. The number of carbonyl (C=O) groups excluding carboxylic acids is 1. The number of aromatic nitrogens is 3. The number of nitriles is 1. The van der Waals surface area contributed by atoms with Gasteiger partial charge in [-0.15, -0.1) is 0 Å². The van der Waals surface area contributed by atoms with Crippen LogP contribution in [0.5, 0.6) is 0 Å². The van der Waals surface area contributed by atoms with Crippen LogP contribution in [0.25, 0.3) is 43.9 Å². The molecule has 0 atom stereocenters. The van der Waals surface area contributed by atoms with E-state index < -0.39 is 17.5 Å². The van der Waals surface area contributed by atoms with Crippen molar-refractivity contribution in [2.24, 2.45) is 7.05 Å². The smallest absolute Gasteiger partial charge is 0.407 e. The molecular formula is C30H26FN5O3. The number of nitrogens with one attached hydrogen (secondary N) is 2. The van der Waals surface area contributed by atoms with Crippen molar-refractivity contribution in [3.8, 4) is 28.5 Å². The molecule has 2 aromatic heterocycles. The van der Waals surface area contributed by atoms with Gasteiger partial charge in [0.1, 0.15) is 17.5 Å². The molecule has 1 amide bonds. The van der Waals surface area contributed by atoms with E-state index in [9.17, 15) is 14.9 Å². The monoisotopic (exact) mass is 523 g/mol. The molecule has 2 heterocycles. The molecule has 5 rings (SSSR count). The molecule has 0 bridgehead atoms. The Kier molecular flexibility index (Phi) is 6.40. The fraction of sp³-hybridized carbons (Fsp3) is 0.200. The summed E-state index contributed by atoms with van der Waals surface area (Å²) < 4.78 is 22.4. The Morgan fingerprint density at radius 3 is 2.67 bits per heavy atom. The summed E-state index contributed by atoms with van der Waals surface area (Å²) in [5.41, 5.74) is 1.81. The second-order valence-corrected chi connectivity index (χ2v) is 10.2. The summed E-state index contributed by atoms with van der Waals surface area (Å²) in [7, 11) is 1.69. The summed E-state index contributed by atoms with van der Waals surface area (Å²) in [6.07, 6.45) is 2.58. The third-order valence-electron chi connectivity index (χ3n) is 6.41. The molecule has 0 aliphatic heterocycles. The summed E-state index contributed by atoms with van der Waals surface area (Å²) in [5, 5.41) is 19.5. The van der Waals surface area contributed by atoms with E-state index in [0.717, 1.165) is 0 Å². The Bertz CT molecular complexity index is 1860. The van der Waals surface area contributed by atoms with E-state index in [4.69, 9.17) is 4.74 Å². The number of alkyl carbamates (subject to hydrolysis) is 1. The molecule has 196 valence electrons. The Hall–Kier alpha value is -4.97. The van der Waals surface area contributed by atoms with Crippen molar-refractivity contribution in [2.75, 3.05) is 0 Å². The van der Waals surface area contributed by atoms with Gasteiger partial charge >= 0.3 is 6.09 Å². The molecular weight excluding hydrogens is 497 g/mol. The number of rotatable bonds is 4. The highest BCUT2D eigenvalue weighted by Crippen LogP contribution is 2.39. The molecule has 0 saturated heterocycles. The quantitative estimate of drug-likeness (QED) is 0.310. The number of carbonyl (C=O) groups is 1. The first-order valence-corrected chi connectivity index (χ1v) is 12.3. The number of fused-ring (bicyclic) bond motifs is 2. The molecule has 0 saturated carbocycles. The lowest BCUT2D eigenvalue weighted by Gasteiger charge is -2.20. The van der Waals surface area contributed by atoms with Crippen molar-refractivity contribution < 1.29 is 13.9 Å². The zero-order valence-corrected chi connectivity index (χ0v) is 21.9. The number of aromatic amines is 1. The standard InChI is InChI=1S/C30H26FN5O3/c1-30(2,3)39-29(38)34-15-19-14-33-28(37)21-10-9-18(11-22(19)21)24-16-35-36(4)27(24)26-23(13-32)20-8-6-5-7-17(20)12-25(26)31/h5-12,14,16H,15H2,1-4H3,(H,33,37)(H,34,38). The summed E-state index contributed by atoms with van der Waals surface area (Å²) in [4.78, 5) is 27.5. The maximum atomic E-state index is 15.6. The minimum absolute atomic E-state index is 0.115. The minimum Gasteiger partial charge on any atom is -0.444 e. The van der Waals surface area contributed by atoms with E-state index in [1.807, 2.05) is 12.1 Å². The molecule has 0 aliphatic rings. The molecule has 8 nitrogen and oxygen atoms in total. The predicted molar refractivity (Wildman–Crippen MR) is 147 cm³/mol. The van der Waals surface area contributed by atoms with Gasteiger partial charge in [0.15, 0.2) is 0 Å². The molecule has 0 unspecified atom stereocenters. The maximum Gasteiger partial charge on any atom is 0.407 e. The van der Waals surface area contributed by atoms with E-state index in [0.29, 0.717) is 43.9 Å². The van der Waals surface area contributed by atoms with Crippen molar-refractivity contribution in [3.05, 3.63) is 88.2 Å². The normalized spacial score (nSPS) is 11.5. The van der Waals surface area contributed by atoms with E-state index in [2.05, 4.69) is 21.5 Å². The van der Waals surface area contributed by atoms with Gasteiger partial charge in [-0.25, -0.2) is 9.18 Å². The van der Waals surface area contributed by atoms with Crippen LogP contribution >= 0.6 is 0 Å². The Balaban J connectivity index is 1.64. The van der Waals surface area contributed by atoms with E-state index >= 15 is 4.39 Å². The van der Waals surface area contributed by atoms with E-state index in [1.165, 1.54) is 10.7 Å². The largest absolute Gasteiger partial charge is 0.444 e. The number of benzene rings is 3. The van der Waals surface area contributed by atoms with Gasteiger partial charge in [-0.3, -0.25) is 9.48 Å². The Morgan fingerprint density at radius 2 is 1.92 bits per heavy atom. The van der Waals surface area contributed by atoms with Crippen molar-refractivity contribution >= 4 is 27.6 Å². The highest BCUT2D eigenvalue weighted by Gasteiger charge is 2.23. The average Bonchev–Trinajstić information content (AvgIpc) is 3.27. The second-order valence-electron chi connectivity index (χ2n) is 10.2. The van der Waals surface area contributed by atoms with Crippen LogP contribution < -0.4 is 10.9 Å². The van der Waals surface area contributed by atoms with Crippen molar-refractivity contribution in [3.63, 3.8) is 0 Å². The molecule has 5 aromatic rings. The number of hydrogen-bond acceptors (Lipinski definition) is 5. The topological polar surface area (TPSA) is 113 Å². The summed E-state index contributed by atoms with van der Waals surface area (Å²) in [5.74, 6) is -0.533. The van der Waals surface area contributed by atoms with Crippen LogP contribution in [0.1, 0.15) is 31.9 Å². The van der Waals surface area contributed by atoms with Gasteiger partial charge < -0.3 is 15.0 Å². The van der Waals surface area contributed by atoms with Crippen molar-refractivity contribution in [1.82, 2.24) is 20.1 Å². The van der Waals surface area contributed by atoms with Crippen LogP contribution in [0.3, 0.4) is 0 Å². The van der Waals surface area contributed by atoms with E-state index in [1.54, 1.807) is 70.5 Å². The third kappa shape index (κ3) is 4.84. The molecule has 0 radical (unpaired) electrons. The van der Waals surface area contributed by atoms with Gasteiger partial charge in [0.2, 0.25) is 0 Å². The fourth-order valence-corrected chi connectivity index (χ4v) is 4.72. The van der Waals surface area contributed by atoms with Crippen molar-refractivity contribution in [2.45, 2.75) is 32.9 Å². The zero-order valence-electron chi connectivity index (χ0n) is 21.9. The lowest BCUT2D eigenvalue weighted by atomic mass is 9.92. The van der Waals surface area contributed by atoms with E-state index in [-0.39, 0.29) is 23.2 Å². The minimum atomic E-state index is -0.651.